The van der Waals surface area contributed by atoms with E-state index in [1.807, 2.05) is 52.0 Å². The van der Waals surface area contributed by atoms with Crippen molar-refractivity contribution in [2.75, 3.05) is 13.1 Å². The zero-order valence-corrected chi connectivity index (χ0v) is 18.1. The SMILES string of the molecule is CC.CC(C)(C)OC(=O)N1CC2CC(=c3c4ccccc4c4cncn34)CC2C1. The van der Waals surface area contributed by atoms with E-state index < -0.39 is 5.60 Å². The van der Waals surface area contributed by atoms with E-state index in [1.54, 1.807) is 0 Å². The van der Waals surface area contributed by atoms with E-state index in [2.05, 4.69) is 33.7 Å². The van der Waals surface area contributed by atoms with Gasteiger partial charge in [-0.25, -0.2) is 9.78 Å². The van der Waals surface area contributed by atoms with E-state index in [1.165, 1.54) is 27.2 Å². The van der Waals surface area contributed by atoms with Gasteiger partial charge in [-0.05, 0) is 51.0 Å². The van der Waals surface area contributed by atoms with E-state index in [0.717, 1.165) is 25.9 Å². The largest absolute Gasteiger partial charge is 0.444 e. The highest BCUT2D eigenvalue weighted by Gasteiger charge is 2.41. The molecular weight excluding hydrogens is 362 g/mol. The fraction of sp³-hybridized carbons (Fsp3) is 0.500. The Morgan fingerprint density at radius 1 is 1.07 bits per heavy atom. The predicted octanol–water partition coefficient (Wildman–Crippen LogP) is 4.66. The lowest BCUT2D eigenvalue weighted by molar-refractivity contribution is 0.0283. The van der Waals surface area contributed by atoms with Crippen molar-refractivity contribution >= 4 is 28.0 Å². The number of amides is 1. The number of carbonyl (C=O) groups is 1. The lowest BCUT2D eigenvalue weighted by atomic mass is 10.0. The number of nitrogens with zero attached hydrogens (tertiary/aromatic N) is 3. The molecule has 2 atom stereocenters. The third-order valence-corrected chi connectivity index (χ3v) is 5.92. The van der Waals surface area contributed by atoms with Crippen LogP contribution in [0.4, 0.5) is 4.79 Å². The first kappa shape index (κ1) is 19.7. The Morgan fingerprint density at radius 3 is 2.31 bits per heavy atom. The normalized spacial score (nSPS) is 21.4. The average Bonchev–Trinajstić information content (AvgIpc) is 3.41. The van der Waals surface area contributed by atoms with Crippen LogP contribution in [-0.4, -0.2) is 39.1 Å². The van der Waals surface area contributed by atoms with Crippen molar-refractivity contribution in [2.45, 2.75) is 53.1 Å². The van der Waals surface area contributed by atoms with Crippen molar-refractivity contribution in [2.24, 2.45) is 11.8 Å². The van der Waals surface area contributed by atoms with Crippen LogP contribution >= 0.6 is 0 Å². The highest BCUT2D eigenvalue weighted by atomic mass is 16.6. The zero-order valence-electron chi connectivity index (χ0n) is 18.1. The summed E-state index contributed by atoms with van der Waals surface area (Å²) >= 11 is 0. The molecule has 1 aliphatic carbocycles. The maximum absolute atomic E-state index is 12.4. The summed E-state index contributed by atoms with van der Waals surface area (Å²) in [5, 5.41) is 3.90. The van der Waals surface area contributed by atoms with Gasteiger partial charge in [-0.1, -0.05) is 38.1 Å². The fourth-order valence-electron chi connectivity index (χ4n) is 4.86. The first-order chi connectivity index (χ1) is 13.9. The lowest BCUT2D eigenvalue weighted by Gasteiger charge is -2.25. The van der Waals surface area contributed by atoms with E-state index >= 15 is 0 Å². The van der Waals surface area contributed by atoms with Crippen LogP contribution in [0.25, 0.3) is 21.9 Å². The van der Waals surface area contributed by atoms with Crippen LogP contribution in [0.5, 0.6) is 0 Å². The van der Waals surface area contributed by atoms with Gasteiger partial charge in [0, 0.05) is 23.9 Å². The number of imidazole rings is 1. The first-order valence-electron chi connectivity index (χ1n) is 10.7. The molecule has 5 heteroatoms. The van der Waals surface area contributed by atoms with E-state index in [9.17, 15) is 4.79 Å². The fourth-order valence-corrected chi connectivity index (χ4v) is 4.86. The van der Waals surface area contributed by atoms with Crippen molar-refractivity contribution in [3.8, 4) is 0 Å². The average molecular weight is 394 g/mol. The third-order valence-electron chi connectivity index (χ3n) is 5.92. The van der Waals surface area contributed by atoms with Gasteiger partial charge in [0.15, 0.2) is 0 Å². The van der Waals surface area contributed by atoms with Crippen molar-refractivity contribution in [1.82, 2.24) is 14.3 Å². The number of benzene rings is 1. The molecule has 1 amide bonds. The monoisotopic (exact) mass is 393 g/mol. The molecule has 1 saturated heterocycles. The number of carbonyl (C=O) groups excluding carboxylic acids is 1. The third kappa shape index (κ3) is 3.47. The molecule has 2 fully saturated rings. The maximum Gasteiger partial charge on any atom is 0.410 e. The molecule has 2 unspecified atom stereocenters. The Hall–Kier alpha value is -2.56. The van der Waals surface area contributed by atoms with Gasteiger partial charge in [-0.3, -0.25) is 4.40 Å². The van der Waals surface area contributed by atoms with Crippen molar-refractivity contribution in [3.05, 3.63) is 42.1 Å². The second-order valence-electron chi connectivity index (χ2n) is 8.96. The summed E-state index contributed by atoms with van der Waals surface area (Å²) in [6.07, 6.45) is 5.80. The molecule has 5 nitrogen and oxygen atoms in total. The Morgan fingerprint density at radius 2 is 1.69 bits per heavy atom. The second kappa shape index (κ2) is 7.36. The highest BCUT2D eigenvalue weighted by molar-refractivity contribution is 5.98. The van der Waals surface area contributed by atoms with E-state index in [-0.39, 0.29) is 6.09 Å². The van der Waals surface area contributed by atoms with E-state index in [4.69, 9.17) is 4.74 Å². The molecule has 5 rings (SSSR count). The van der Waals surface area contributed by atoms with Crippen molar-refractivity contribution in [1.29, 1.82) is 0 Å². The molecule has 2 aliphatic rings. The minimum absolute atomic E-state index is 0.172. The summed E-state index contributed by atoms with van der Waals surface area (Å²) in [7, 11) is 0. The summed E-state index contributed by atoms with van der Waals surface area (Å²) in [4.78, 5) is 18.7. The number of hydrogen-bond donors (Lipinski definition) is 0. The topological polar surface area (TPSA) is 46.8 Å². The first-order valence-corrected chi connectivity index (χ1v) is 10.7. The minimum atomic E-state index is -0.437. The zero-order chi connectivity index (χ0) is 20.8. The van der Waals surface area contributed by atoms with Gasteiger partial charge in [-0.2, -0.15) is 0 Å². The van der Waals surface area contributed by atoms with Crippen LogP contribution in [0.3, 0.4) is 0 Å². The Labute approximate surface area is 172 Å². The molecule has 0 spiro atoms. The Bertz CT molecular complexity index is 1080. The van der Waals surface area contributed by atoms with E-state index in [0.29, 0.717) is 11.8 Å². The summed E-state index contributed by atoms with van der Waals surface area (Å²) < 4.78 is 7.80. The summed E-state index contributed by atoms with van der Waals surface area (Å²) in [5.74, 6) is 1.06. The van der Waals surface area contributed by atoms with Crippen LogP contribution < -0.4 is 5.35 Å². The molecular formula is C24H31N3O2. The van der Waals surface area contributed by atoms with Gasteiger partial charge in [0.05, 0.1) is 23.4 Å². The van der Waals surface area contributed by atoms with Gasteiger partial charge in [0.2, 0.25) is 0 Å². The van der Waals surface area contributed by atoms with Gasteiger partial charge >= 0.3 is 6.09 Å². The van der Waals surface area contributed by atoms with Crippen molar-refractivity contribution < 1.29 is 9.53 Å². The lowest BCUT2D eigenvalue weighted by Crippen LogP contribution is -2.36. The number of hydrogen-bond acceptors (Lipinski definition) is 3. The molecule has 0 bridgehead atoms. The molecule has 1 aromatic carbocycles. The quantitative estimate of drug-likeness (QED) is 0.558. The molecule has 1 saturated carbocycles. The summed E-state index contributed by atoms with van der Waals surface area (Å²) in [6, 6.07) is 8.59. The Kier molecular flexibility index (Phi) is 5.01. The van der Waals surface area contributed by atoms with Crippen molar-refractivity contribution in [3.63, 3.8) is 0 Å². The number of aromatic nitrogens is 2. The van der Waals surface area contributed by atoms with Gasteiger partial charge < -0.3 is 9.64 Å². The number of ether oxygens (including phenoxy) is 1. The van der Waals surface area contributed by atoms with Crippen LogP contribution in [-0.2, 0) is 4.74 Å². The number of fused-ring (bicyclic) bond motifs is 4. The number of likely N-dealkylation sites (tertiary alicyclic amines) is 1. The molecule has 29 heavy (non-hydrogen) atoms. The maximum atomic E-state index is 12.4. The molecule has 2 aromatic heterocycles. The molecule has 0 N–H and O–H groups in total. The van der Waals surface area contributed by atoms with Gasteiger partial charge in [-0.15, -0.1) is 0 Å². The highest BCUT2D eigenvalue weighted by Crippen LogP contribution is 2.42. The Balaban J connectivity index is 0.000000994. The molecule has 3 heterocycles. The molecule has 3 aromatic rings. The minimum Gasteiger partial charge on any atom is -0.444 e. The summed E-state index contributed by atoms with van der Waals surface area (Å²) in [5.41, 5.74) is 2.24. The van der Waals surface area contributed by atoms with Crippen LogP contribution in [0, 0.1) is 11.8 Å². The predicted molar refractivity (Wildman–Crippen MR) is 117 cm³/mol. The molecule has 1 aliphatic heterocycles. The van der Waals surface area contributed by atoms with Crippen LogP contribution in [0.1, 0.15) is 47.5 Å². The number of rotatable bonds is 0. The van der Waals surface area contributed by atoms with Crippen LogP contribution in [0.2, 0.25) is 0 Å². The van der Waals surface area contributed by atoms with Gasteiger partial charge in [0.25, 0.3) is 0 Å². The van der Waals surface area contributed by atoms with Crippen LogP contribution in [0.15, 0.2) is 36.8 Å². The standard InChI is InChI=1S/C22H25N3O2.C2H6/c1-22(2,3)27-21(26)24-11-15-8-14(9-16(15)12-24)20-18-7-5-4-6-17(18)19-10-23-13-25(19)20;1-2/h4-7,10,13,15-16H,8-9,11-12H2,1-3H3;1-2H3. The molecule has 0 radical (unpaired) electrons. The molecule has 154 valence electrons. The summed E-state index contributed by atoms with van der Waals surface area (Å²) in [6.45, 7) is 11.4. The second-order valence-corrected chi connectivity index (χ2v) is 8.96. The van der Waals surface area contributed by atoms with Gasteiger partial charge in [0.1, 0.15) is 5.60 Å². The smallest absolute Gasteiger partial charge is 0.410 e.